The number of nitrogens with two attached hydrogens (primary N) is 1. The number of anilines is 1. The molecule has 4 heteroatoms. The number of likely N-dealkylation sites (tertiary alicyclic amines) is 1. The van der Waals surface area contributed by atoms with Crippen LogP contribution >= 0.6 is 11.3 Å². The van der Waals surface area contributed by atoms with E-state index in [4.69, 9.17) is 5.73 Å². The molecule has 1 saturated heterocycles. The first-order chi connectivity index (χ1) is 6.58. The number of hydrogen-bond acceptors (Lipinski definition) is 4. The Kier molecular flexibility index (Phi) is 2.49. The molecule has 0 spiro atoms. The lowest BCUT2D eigenvalue weighted by molar-refractivity contribution is 0.168. The van der Waals surface area contributed by atoms with Crippen LogP contribution in [0.2, 0.25) is 0 Å². The van der Waals surface area contributed by atoms with Crippen LogP contribution in [-0.2, 0) is 6.54 Å². The summed E-state index contributed by atoms with van der Waals surface area (Å²) in [7, 11) is 0. The Hall–Kier alpha value is -0.610. The molecule has 0 bridgehead atoms. The fraction of sp³-hybridized carbons (Fsp3) is 0.700. The number of thiazole rings is 1. The molecule has 3 nitrogen and oxygen atoms in total. The Labute approximate surface area is 88.9 Å². The molecule has 0 radical (unpaired) electrons. The number of nitrogen functional groups attached to an aromatic ring is 1. The second kappa shape index (κ2) is 3.51. The van der Waals surface area contributed by atoms with Crippen LogP contribution in [0.25, 0.3) is 0 Å². The highest BCUT2D eigenvalue weighted by molar-refractivity contribution is 7.15. The number of rotatable bonds is 2. The fourth-order valence-corrected chi connectivity index (χ4v) is 2.74. The van der Waals surface area contributed by atoms with E-state index < -0.39 is 0 Å². The summed E-state index contributed by atoms with van der Waals surface area (Å²) in [6.07, 6.45) is 4.50. The predicted octanol–water partition coefficient (Wildman–Crippen LogP) is 2.10. The first-order valence-electron chi connectivity index (χ1n) is 5.03. The molecule has 0 amide bonds. The molecule has 0 aromatic carbocycles. The standard InChI is InChI=1S/C10H17N3S/c1-10(2)4-3-5-13(10)7-8-6-12-9(11)14-8/h6H,3-5,7H2,1-2H3,(H2,11,12). The highest BCUT2D eigenvalue weighted by atomic mass is 32.1. The van der Waals surface area contributed by atoms with Crippen molar-refractivity contribution in [3.8, 4) is 0 Å². The minimum absolute atomic E-state index is 0.346. The van der Waals surface area contributed by atoms with Crippen molar-refractivity contribution in [1.29, 1.82) is 0 Å². The van der Waals surface area contributed by atoms with E-state index in [1.54, 1.807) is 11.3 Å². The van der Waals surface area contributed by atoms with Gasteiger partial charge in [0.05, 0.1) is 0 Å². The second-order valence-electron chi connectivity index (χ2n) is 4.50. The van der Waals surface area contributed by atoms with Gasteiger partial charge in [0.15, 0.2) is 5.13 Å². The lowest BCUT2D eigenvalue weighted by Crippen LogP contribution is -2.37. The summed E-state index contributed by atoms with van der Waals surface area (Å²) in [6, 6.07) is 0. The lowest BCUT2D eigenvalue weighted by atomic mass is 10.0. The predicted molar refractivity (Wildman–Crippen MR) is 60.2 cm³/mol. The van der Waals surface area contributed by atoms with Gasteiger partial charge in [-0.1, -0.05) is 0 Å². The fourth-order valence-electron chi connectivity index (χ4n) is 2.04. The zero-order valence-electron chi connectivity index (χ0n) is 8.79. The Bertz CT molecular complexity index is 319. The molecule has 1 aromatic heterocycles. The van der Waals surface area contributed by atoms with Crippen molar-refractivity contribution in [2.24, 2.45) is 0 Å². The number of aromatic nitrogens is 1. The molecule has 1 aromatic rings. The summed E-state index contributed by atoms with van der Waals surface area (Å²) < 4.78 is 0. The van der Waals surface area contributed by atoms with Gasteiger partial charge in [-0.05, 0) is 33.2 Å². The maximum absolute atomic E-state index is 5.61. The number of nitrogens with zero attached hydrogens (tertiary/aromatic N) is 2. The zero-order valence-corrected chi connectivity index (χ0v) is 9.60. The van der Waals surface area contributed by atoms with Gasteiger partial charge < -0.3 is 5.73 Å². The average Bonchev–Trinajstić information content (AvgIpc) is 2.61. The van der Waals surface area contributed by atoms with Gasteiger partial charge in [0.2, 0.25) is 0 Å². The van der Waals surface area contributed by atoms with E-state index >= 15 is 0 Å². The number of hydrogen-bond donors (Lipinski definition) is 1. The highest BCUT2D eigenvalue weighted by Crippen LogP contribution is 2.30. The molecule has 14 heavy (non-hydrogen) atoms. The van der Waals surface area contributed by atoms with Gasteiger partial charge in [0, 0.05) is 23.2 Å². The van der Waals surface area contributed by atoms with Crippen molar-refractivity contribution in [3.05, 3.63) is 11.1 Å². The molecule has 1 fully saturated rings. The monoisotopic (exact) mass is 211 g/mol. The van der Waals surface area contributed by atoms with Gasteiger partial charge in [-0.2, -0.15) is 0 Å². The van der Waals surface area contributed by atoms with Crippen molar-refractivity contribution in [2.45, 2.75) is 38.8 Å². The molecule has 0 saturated carbocycles. The Morgan fingerprint density at radius 1 is 1.64 bits per heavy atom. The van der Waals surface area contributed by atoms with Crippen molar-refractivity contribution in [1.82, 2.24) is 9.88 Å². The van der Waals surface area contributed by atoms with Gasteiger partial charge in [-0.25, -0.2) is 4.98 Å². The van der Waals surface area contributed by atoms with E-state index in [2.05, 4.69) is 23.7 Å². The summed E-state index contributed by atoms with van der Waals surface area (Å²) >= 11 is 1.60. The van der Waals surface area contributed by atoms with Gasteiger partial charge >= 0.3 is 0 Å². The summed E-state index contributed by atoms with van der Waals surface area (Å²) in [4.78, 5) is 7.87. The molecule has 78 valence electrons. The smallest absolute Gasteiger partial charge is 0.180 e. The third-order valence-electron chi connectivity index (χ3n) is 2.99. The quantitative estimate of drug-likeness (QED) is 0.814. The van der Waals surface area contributed by atoms with E-state index in [0.717, 1.165) is 6.54 Å². The van der Waals surface area contributed by atoms with Crippen LogP contribution in [-0.4, -0.2) is 22.0 Å². The van der Waals surface area contributed by atoms with Crippen LogP contribution in [0.4, 0.5) is 5.13 Å². The second-order valence-corrected chi connectivity index (χ2v) is 5.65. The summed E-state index contributed by atoms with van der Waals surface area (Å²) in [6.45, 7) is 6.82. The minimum atomic E-state index is 0.346. The van der Waals surface area contributed by atoms with Crippen molar-refractivity contribution in [2.75, 3.05) is 12.3 Å². The van der Waals surface area contributed by atoms with Gasteiger partial charge in [-0.3, -0.25) is 4.90 Å². The Morgan fingerprint density at radius 3 is 2.93 bits per heavy atom. The first-order valence-corrected chi connectivity index (χ1v) is 5.85. The maximum atomic E-state index is 5.61. The average molecular weight is 211 g/mol. The summed E-state index contributed by atoms with van der Waals surface area (Å²) in [5.41, 5.74) is 5.96. The normalized spacial score (nSPS) is 21.6. The van der Waals surface area contributed by atoms with Crippen LogP contribution in [0.15, 0.2) is 6.20 Å². The molecule has 0 unspecified atom stereocenters. The van der Waals surface area contributed by atoms with E-state index in [1.807, 2.05) is 6.20 Å². The van der Waals surface area contributed by atoms with Gasteiger partial charge in [0.1, 0.15) is 0 Å². The van der Waals surface area contributed by atoms with Crippen LogP contribution in [0.3, 0.4) is 0 Å². The van der Waals surface area contributed by atoms with E-state index in [9.17, 15) is 0 Å². The minimum Gasteiger partial charge on any atom is -0.375 e. The van der Waals surface area contributed by atoms with Crippen molar-refractivity contribution < 1.29 is 0 Å². The van der Waals surface area contributed by atoms with Crippen LogP contribution in [0.5, 0.6) is 0 Å². The largest absolute Gasteiger partial charge is 0.375 e. The van der Waals surface area contributed by atoms with Crippen molar-refractivity contribution in [3.63, 3.8) is 0 Å². The molecule has 2 heterocycles. The zero-order chi connectivity index (χ0) is 10.2. The SMILES string of the molecule is CC1(C)CCCN1Cc1cnc(N)s1. The summed E-state index contributed by atoms with van der Waals surface area (Å²) in [5.74, 6) is 0. The van der Waals surface area contributed by atoms with Crippen LogP contribution < -0.4 is 5.73 Å². The maximum Gasteiger partial charge on any atom is 0.180 e. The Morgan fingerprint density at radius 2 is 2.43 bits per heavy atom. The van der Waals surface area contributed by atoms with Gasteiger partial charge in [0.25, 0.3) is 0 Å². The molecule has 0 atom stereocenters. The first kappa shape index (κ1) is 9.93. The lowest BCUT2D eigenvalue weighted by Gasteiger charge is -2.30. The molecule has 2 rings (SSSR count). The molecular formula is C10H17N3S. The van der Waals surface area contributed by atoms with Crippen LogP contribution in [0.1, 0.15) is 31.6 Å². The Balaban J connectivity index is 2.04. The molecule has 1 aliphatic rings. The molecular weight excluding hydrogens is 194 g/mol. The molecule has 0 aliphatic carbocycles. The van der Waals surface area contributed by atoms with Crippen LogP contribution in [0, 0.1) is 0 Å². The van der Waals surface area contributed by atoms with E-state index in [0.29, 0.717) is 10.7 Å². The van der Waals surface area contributed by atoms with E-state index in [-0.39, 0.29) is 0 Å². The van der Waals surface area contributed by atoms with Gasteiger partial charge in [-0.15, -0.1) is 11.3 Å². The summed E-state index contributed by atoms with van der Waals surface area (Å²) in [5, 5.41) is 0.678. The topological polar surface area (TPSA) is 42.2 Å². The molecule has 1 aliphatic heterocycles. The third-order valence-corrected chi connectivity index (χ3v) is 3.80. The van der Waals surface area contributed by atoms with Crippen molar-refractivity contribution >= 4 is 16.5 Å². The van der Waals surface area contributed by atoms with E-state index in [1.165, 1.54) is 24.3 Å². The third kappa shape index (κ3) is 1.91. The molecule has 2 N–H and O–H groups in total. The highest BCUT2D eigenvalue weighted by Gasteiger charge is 2.31.